The number of anilines is 1. The molecular formula is C77H84Cl3N11O24. The Balaban J connectivity index is 1.03. The molecule has 21 N–H and O–H groups in total. The molecule has 35 nitrogen and oxygen atoms in total. The van der Waals surface area contributed by atoms with E-state index in [0.29, 0.717) is 17.1 Å². The van der Waals surface area contributed by atoms with E-state index in [1.54, 1.807) is 38.2 Å². The Morgan fingerprint density at radius 3 is 2.00 bits per heavy atom. The number of carbonyl (C=O) groups is 8. The lowest BCUT2D eigenvalue weighted by molar-refractivity contribution is -0.334. The summed E-state index contributed by atoms with van der Waals surface area (Å²) in [6, 6.07) is 6.36. The fraction of sp³-hybridized carbons (Fsp3) is 0.390. The Bertz CT molecular complexity index is 4930. The fourth-order valence-electron chi connectivity index (χ4n) is 14.5. The summed E-state index contributed by atoms with van der Waals surface area (Å²) >= 11 is 20.5. The number of ether oxygens (including phenoxy) is 6. The van der Waals surface area contributed by atoms with E-state index in [-0.39, 0.29) is 52.8 Å². The largest absolute Gasteiger partial charge is 0.508 e. The van der Waals surface area contributed by atoms with Crippen molar-refractivity contribution >= 4 is 98.7 Å². The molecule has 7 aliphatic rings. The number of carbonyl (C=O) groups excluding carboxylic acids is 7. The van der Waals surface area contributed by atoms with Crippen LogP contribution in [0.4, 0.5) is 5.69 Å². The number of aromatic hydroxyl groups is 3. The molecule has 2 fully saturated rings. The lowest BCUT2D eigenvalue weighted by Gasteiger charge is -2.48. The number of aromatic nitrogens is 1. The lowest BCUT2D eigenvalue weighted by Crippen LogP contribution is -2.65. The molecule has 38 heteroatoms. The van der Waals surface area contributed by atoms with Crippen LogP contribution in [-0.2, 0) is 52.6 Å². The van der Waals surface area contributed by atoms with Crippen molar-refractivity contribution in [3.63, 3.8) is 0 Å². The van der Waals surface area contributed by atoms with Gasteiger partial charge in [-0.25, -0.2) is 4.79 Å². The van der Waals surface area contributed by atoms with Crippen molar-refractivity contribution in [2.45, 2.75) is 156 Å². The maximum absolute atomic E-state index is 16.2. The molecule has 6 aromatic carbocycles. The van der Waals surface area contributed by atoms with E-state index in [1.807, 2.05) is 19.9 Å². The average Bonchev–Trinajstić information content (AvgIpc) is 0.767. The van der Waals surface area contributed by atoms with E-state index in [2.05, 4.69) is 52.8 Å². The van der Waals surface area contributed by atoms with E-state index in [0.717, 1.165) is 77.8 Å². The third-order valence-corrected chi connectivity index (χ3v) is 21.2. The summed E-state index contributed by atoms with van der Waals surface area (Å²) in [6.07, 6.45) is -17.1. The number of hydrogen-bond acceptors (Lipinski definition) is 27. The number of halogens is 3. The molecule has 612 valence electrons. The van der Waals surface area contributed by atoms with Gasteiger partial charge >= 0.3 is 5.97 Å². The molecule has 11 bridgehead atoms. The summed E-state index contributed by atoms with van der Waals surface area (Å²) in [6.45, 7) is 6.45. The van der Waals surface area contributed by atoms with E-state index in [4.69, 9.17) is 69.0 Å². The van der Waals surface area contributed by atoms with Crippen LogP contribution in [0.25, 0.3) is 22.0 Å². The van der Waals surface area contributed by atoms with Crippen molar-refractivity contribution in [1.29, 1.82) is 0 Å². The monoisotopic (exact) mass is 1650 g/mol. The van der Waals surface area contributed by atoms with Gasteiger partial charge in [0.15, 0.2) is 29.9 Å². The van der Waals surface area contributed by atoms with Crippen molar-refractivity contribution < 1.29 is 118 Å². The Labute approximate surface area is 670 Å². The number of amides is 7. The number of nitrogens with zero attached hydrogens (tertiary/aromatic N) is 1. The summed E-state index contributed by atoms with van der Waals surface area (Å²) in [5, 5.41) is 141. The number of phenolic OH excluding ortho intramolecular Hbond substituents is 3. The zero-order valence-electron chi connectivity index (χ0n) is 61.9. The van der Waals surface area contributed by atoms with Crippen LogP contribution in [0.5, 0.6) is 46.0 Å². The first-order valence-electron chi connectivity index (χ1n) is 36.3. The number of aliphatic hydroxyl groups is 6. The molecule has 7 aliphatic heterocycles. The number of nitrogens with one attached hydrogen (secondary N) is 9. The van der Waals surface area contributed by atoms with Crippen molar-refractivity contribution in [2.75, 3.05) is 32.1 Å². The molecule has 1 aromatic heterocycles. The molecule has 0 spiro atoms. The second-order valence-electron chi connectivity index (χ2n) is 29.0. The predicted octanol–water partition coefficient (Wildman–Crippen LogP) is 3.05. The van der Waals surface area contributed by atoms with Gasteiger partial charge in [0.1, 0.15) is 89.5 Å². The summed E-state index contributed by atoms with van der Waals surface area (Å²) in [4.78, 5) is 122. The third kappa shape index (κ3) is 18.1. The van der Waals surface area contributed by atoms with Crippen molar-refractivity contribution in [3.05, 3.63) is 152 Å². The van der Waals surface area contributed by atoms with Crippen LogP contribution in [0.1, 0.15) is 105 Å². The Morgan fingerprint density at radius 1 is 0.704 bits per heavy atom. The summed E-state index contributed by atoms with van der Waals surface area (Å²) in [5.41, 5.74) is 3.05. The highest BCUT2D eigenvalue weighted by atomic mass is 35.5. The SMILES string of the molecule is CN[C@H](CC(C)C)C(=O)N[C@H]1C(=O)N[C@@H](CC(N)=O)C(=O)N[C@H]2C(=O)N[C@H]3C(=O)N[C@H](C(=O)N[C@H](C(=O)O)c4cc(O)cc(O)c4-c4cc3ccc4O)[C@H](O)c3ccc(c(Cl)c3)Oc3cc2cc(c3O[C@@H]2O[C@H](CO)[C@@H](O)[C@H](O)[C@H]2O[C@H]2C[C@](C)(NCCNc3ccnc4cc(Cl)ccc34)[C@H](O)[C@H](C)O2)Oc2ccc(cc2Cl)[C@H]1O. The van der Waals surface area contributed by atoms with E-state index in [1.165, 1.54) is 19.2 Å². The number of rotatable bonds is 18. The number of carboxylic acid groups (broad SMARTS) is 1. The highest BCUT2D eigenvalue weighted by Crippen LogP contribution is 2.50. The summed E-state index contributed by atoms with van der Waals surface area (Å²) in [7, 11) is 1.47. The van der Waals surface area contributed by atoms with Gasteiger partial charge in [-0.1, -0.05) is 66.8 Å². The zero-order valence-corrected chi connectivity index (χ0v) is 64.1. The van der Waals surface area contributed by atoms with Gasteiger partial charge in [-0.15, -0.1) is 0 Å². The van der Waals surface area contributed by atoms with Crippen LogP contribution in [0.2, 0.25) is 15.1 Å². The molecule has 0 radical (unpaired) electrons. The topological polar surface area (TPSA) is 541 Å². The van der Waals surface area contributed by atoms with Crippen LogP contribution in [0.3, 0.4) is 0 Å². The number of benzene rings is 6. The van der Waals surface area contributed by atoms with E-state index < -0.39 is 237 Å². The summed E-state index contributed by atoms with van der Waals surface area (Å²) < 4.78 is 39.4. The molecule has 0 aliphatic carbocycles. The molecule has 0 saturated carbocycles. The van der Waals surface area contributed by atoms with Gasteiger partial charge in [0, 0.05) is 70.1 Å². The van der Waals surface area contributed by atoms with Crippen molar-refractivity contribution in [1.82, 2.24) is 47.5 Å². The quantitative estimate of drug-likeness (QED) is 0.0549. The number of nitrogens with two attached hydrogens (primary N) is 1. The second kappa shape index (κ2) is 34.9. The minimum Gasteiger partial charge on any atom is -0.508 e. The van der Waals surface area contributed by atoms with Crippen LogP contribution in [0.15, 0.2) is 109 Å². The van der Waals surface area contributed by atoms with E-state index >= 15 is 14.4 Å². The molecular weight excluding hydrogens is 1570 g/mol. The van der Waals surface area contributed by atoms with Gasteiger partial charge in [0.25, 0.3) is 0 Å². The molecule has 14 rings (SSSR count). The van der Waals surface area contributed by atoms with Crippen molar-refractivity contribution in [3.8, 4) is 57.1 Å². The van der Waals surface area contributed by atoms with Crippen LogP contribution in [-0.4, -0.2) is 209 Å². The maximum atomic E-state index is 16.2. The van der Waals surface area contributed by atoms with Crippen LogP contribution < -0.4 is 67.8 Å². The first-order chi connectivity index (χ1) is 54.6. The summed E-state index contributed by atoms with van der Waals surface area (Å²) in [5.74, 6) is -16.1. The standard InChI is InChI=1S/C77H84Cl3N11O24/c1-30(2)18-45(82-5)69(102)90-60-62(97)33-7-12-49(41(79)20-33)111-51-22-35-23-52(66(51)115-76-67(65(100)64(99)53(29-92)113-76)114-55-28-77(4,68(101)31(3)110-55)85-17-16-84-43-14-15-83-44-24-36(78)9-10-38(43)44)112-50-13-8-34(21-42(50)80)63(98)61-74(107)89-59(75(108)109)40-25-37(93)26-48(95)56(40)39-19-32(6-11-47(39)94)57(71(104)91-61)88-72(105)58(35)87-70(103)46(27-54(81)96)86-73(60)106/h6-15,19-26,30-31,45-46,53,55,57-65,67-68,76,82,85,92-95,97-101H,16-18,27-29H2,1-5H3,(H2,81,96)(H,83,84)(H,86,106)(H,87,103)(H,88,105)(H,89,107)(H,90,102)(H,91,104)(H,108,109)/t31-,45+,46-,53+,55-,57+,58+,59-,60+,61-,62+,63+,64+,65-,67+,68+,76-,77-/m0/s1. The minimum absolute atomic E-state index is 0.108. The second-order valence-corrected chi connectivity index (χ2v) is 30.3. The Hall–Kier alpha value is -10.5. The first kappa shape index (κ1) is 83.9. The van der Waals surface area contributed by atoms with Crippen molar-refractivity contribution in [2.24, 2.45) is 11.7 Å². The van der Waals surface area contributed by atoms with E-state index in [9.17, 15) is 75.0 Å². The van der Waals surface area contributed by atoms with Gasteiger partial charge in [-0.05, 0) is 134 Å². The molecule has 7 amide bonds. The Morgan fingerprint density at radius 2 is 1.36 bits per heavy atom. The van der Waals surface area contributed by atoms with Gasteiger partial charge in [0.2, 0.25) is 53.4 Å². The molecule has 7 aromatic rings. The average molecular weight is 1650 g/mol. The molecule has 115 heavy (non-hydrogen) atoms. The van der Waals surface area contributed by atoms with Gasteiger partial charge in [-0.2, -0.15) is 0 Å². The number of aliphatic hydroxyl groups excluding tert-OH is 6. The number of primary amides is 1. The number of pyridine rings is 1. The molecule has 8 heterocycles. The normalized spacial score (nSPS) is 27.3. The number of phenols is 3. The number of hydrogen-bond donors (Lipinski definition) is 20. The highest BCUT2D eigenvalue weighted by Gasteiger charge is 2.52. The highest BCUT2D eigenvalue weighted by molar-refractivity contribution is 6.32. The van der Waals surface area contributed by atoms with Gasteiger partial charge in [0.05, 0.1) is 46.8 Å². The number of likely N-dealkylation sites (N-methyl/N-ethyl adjacent to an activating group) is 1. The van der Waals surface area contributed by atoms with Gasteiger partial charge in [-0.3, -0.25) is 38.5 Å². The van der Waals surface area contributed by atoms with Crippen LogP contribution in [0, 0.1) is 5.92 Å². The molecule has 18 atom stereocenters. The number of carboxylic acids is 1. The van der Waals surface area contributed by atoms with Crippen LogP contribution >= 0.6 is 34.8 Å². The third-order valence-electron chi connectivity index (χ3n) is 20.4. The predicted molar refractivity (Wildman–Crippen MR) is 408 cm³/mol. The Kier molecular flexibility index (Phi) is 25.5. The number of aliphatic carboxylic acids is 1. The smallest absolute Gasteiger partial charge is 0.330 e. The fourth-order valence-corrected chi connectivity index (χ4v) is 15.1. The minimum atomic E-state index is -2.37. The first-order valence-corrected chi connectivity index (χ1v) is 37.5. The lowest BCUT2D eigenvalue weighted by atomic mass is 9.85. The molecule has 2 saturated heterocycles. The maximum Gasteiger partial charge on any atom is 0.330 e. The zero-order chi connectivity index (χ0) is 82.9. The number of fused-ring (bicyclic) bond motifs is 16. The van der Waals surface area contributed by atoms with Gasteiger partial charge < -0.3 is 133 Å². The molecule has 0 unspecified atom stereocenters.